The molecule has 0 aliphatic heterocycles. The summed E-state index contributed by atoms with van der Waals surface area (Å²) < 4.78 is 5.14. The van der Waals surface area contributed by atoms with E-state index in [9.17, 15) is 4.79 Å². The fourth-order valence-electron chi connectivity index (χ4n) is 0.855. The van der Waals surface area contributed by atoms with Gasteiger partial charge in [0, 0.05) is 0 Å². The van der Waals surface area contributed by atoms with Gasteiger partial charge in [-0.15, -0.1) is 0 Å². The van der Waals surface area contributed by atoms with E-state index < -0.39 is 0 Å². The third kappa shape index (κ3) is 3.59. The molecule has 1 rings (SSSR count). The third-order valence-corrected chi connectivity index (χ3v) is 1.48. The average Bonchev–Trinajstić information content (AvgIpc) is 2.25. The topological polar surface area (TPSA) is 62.1 Å². The van der Waals surface area contributed by atoms with E-state index in [1.165, 1.54) is 0 Å². The Bertz CT molecular complexity index is 330. The Kier molecular flexibility index (Phi) is 4.02. The fraction of sp³-hybridized carbons (Fsp3) is 0.200. The van der Waals surface area contributed by atoms with Crippen LogP contribution in [0.25, 0.3) is 0 Å². The van der Waals surface area contributed by atoms with E-state index in [2.05, 4.69) is 5.32 Å². The average molecular weight is 190 g/mol. The standard InChI is InChI=1S/C10H10N2O2/c11-6-7-12-10(13)8-14-9-4-2-1-3-5-9/h1-5H,7-8H2,(H,12,13). The maximum absolute atomic E-state index is 11.0. The van der Waals surface area contributed by atoms with Gasteiger partial charge in [-0.1, -0.05) is 18.2 Å². The molecule has 1 aromatic carbocycles. The molecular formula is C10H10N2O2. The van der Waals surface area contributed by atoms with Crippen molar-refractivity contribution in [3.63, 3.8) is 0 Å². The lowest BCUT2D eigenvalue weighted by Gasteiger charge is -2.04. The van der Waals surface area contributed by atoms with Gasteiger partial charge in [0.2, 0.25) is 0 Å². The summed E-state index contributed by atoms with van der Waals surface area (Å²) >= 11 is 0. The zero-order valence-corrected chi connectivity index (χ0v) is 7.56. The van der Waals surface area contributed by atoms with Gasteiger partial charge in [-0.2, -0.15) is 5.26 Å². The summed E-state index contributed by atoms with van der Waals surface area (Å²) in [7, 11) is 0. The molecule has 1 amide bonds. The predicted molar refractivity (Wildman–Crippen MR) is 50.6 cm³/mol. The van der Waals surface area contributed by atoms with Crippen molar-refractivity contribution in [1.82, 2.24) is 5.32 Å². The first kappa shape index (κ1) is 10.1. The highest BCUT2D eigenvalue weighted by Crippen LogP contribution is 2.07. The quantitative estimate of drug-likeness (QED) is 0.711. The minimum absolute atomic E-state index is 0.0109. The molecule has 4 nitrogen and oxygen atoms in total. The van der Waals surface area contributed by atoms with Crippen molar-refractivity contribution in [1.29, 1.82) is 5.26 Å². The summed E-state index contributed by atoms with van der Waals surface area (Å²) in [5, 5.41) is 10.6. The lowest BCUT2D eigenvalue weighted by atomic mass is 10.3. The van der Waals surface area contributed by atoms with Crippen LogP contribution in [0.3, 0.4) is 0 Å². The second-order valence-electron chi connectivity index (χ2n) is 2.54. The number of para-hydroxylation sites is 1. The number of hydrogen-bond acceptors (Lipinski definition) is 3. The van der Waals surface area contributed by atoms with Crippen LogP contribution in [0.4, 0.5) is 0 Å². The van der Waals surface area contributed by atoms with E-state index in [4.69, 9.17) is 10.00 Å². The molecule has 0 radical (unpaired) electrons. The Balaban J connectivity index is 2.28. The van der Waals surface area contributed by atoms with Gasteiger partial charge in [0.1, 0.15) is 12.3 Å². The molecule has 0 saturated carbocycles. The molecule has 0 aliphatic carbocycles. The molecule has 0 fully saturated rings. The molecule has 0 aliphatic rings. The van der Waals surface area contributed by atoms with Crippen molar-refractivity contribution in [2.24, 2.45) is 0 Å². The molecule has 1 N–H and O–H groups in total. The Morgan fingerprint density at radius 2 is 2.14 bits per heavy atom. The van der Waals surface area contributed by atoms with Gasteiger partial charge in [0.15, 0.2) is 6.61 Å². The lowest BCUT2D eigenvalue weighted by molar-refractivity contribution is -0.122. The summed E-state index contributed by atoms with van der Waals surface area (Å²) in [5.41, 5.74) is 0. The van der Waals surface area contributed by atoms with Crippen LogP contribution >= 0.6 is 0 Å². The van der Waals surface area contributed by atoms with Gasteiger partial charge in [-0.25, -0.2) is 0 Å². The fourth-order valence-corrected chi connectivity index (χ4v) is 0.855. The van der Waals surface area contributed by atoms with Gasteiger partial charge in [0.05, 0.1) is 6.07 Å². The minimum Gasteiger partial charge on any atom is -0.484 e. The predicted octanol–water partition coefficient (Wildman–Crippen LogP) is 0.705. The number of nitrogens with one attached hydrogen (secondary N) is 1. The number of carbonyl (C=O) groups excluding carboxylic acids is 1. The lowest BCUT2D eigenvalue weighted by Crippen LogP contribution is -2.28. The summed E-state index contributed by atoms with van der Waals surface area (Å²) in [6, 6.07) is 10.8. The zero-order valence-electron chi connectivity index (χ0n) is 7.56. The van der Waals surface area contributed by atoms with Crippen LogP contribution in [-0.2, 0) is 4.79 Å². The van der Waals surface area contributed by atoms with Crippen LogP contribution < -0.4 is 10.1 Å². The number of amides is 1. The van der Waals surface area contributed by atoms with Crippen molar-refractivity contribution in [2.45, 2.75) is 0 Å². The number of carbonyl (C=O) groups is 1. The van der Waals surface area contributed by atoms with Gasteiger partial charge in [-0.05, 0) is 12.1 Å². The van der Waals surface area contributed by atoms with Crippen molar-refractivity contribution in [3.8, 4) is 11.8 Å². The Labute approximate surface area is 82.1 Å². The van der Waals surface area contributed by atoms with Gasteiger partial charge in [-0.3, -0.25) is 4.79 Å². The number of benzene rings is 1. The molecular weight excluding hydrogens is 180 g/mol. The summed E-state index contributed by atoms with van der Waals surface area (Å²) in [6.07, 6.45) is 0. The van der Waals surface area contributed by atoms with E-state index >= 15 is 0 Å². The first-order valence-corrected chi connectivity index (χ1v) is 4.14. The van der Waals surface area contributed by atoms with E-state index in [0.717, 1.165) is 0 Å². The Morgan fingerprint density at radius 1 is 1.43 bits per heavy atom. The van der Waals surface area contributed by atoms with Crippen LogP contribution in [0.5, 0.6) is 5.75 Å². The maximum Gasteiger partial charge on any atom is 0.258 e. The van der Waals surface area contributed by atoms with Crippen LogP contribution in [-0.4, -0.2) is 19.1 Å². The maximum atomic E-state index is 11.0. The smallest absolute Gasteiger partial charge is 0.258 e. The van der Waals surface area contributed by atoms with Gasteiger partial charge < -0.3 is 10.1 Å². The van der Waals surface area contributed by atoms with E-state index in [1.54, 1.807) is 12.1 Å². The monoisotopic (exact) mass is 190 g/mol. The van der Waals surface area contributed by atoms with Gasteiger partial charge in [0.25, 0.3) is 5.91 Å². The molecule has 72 valence electrons. The summed E-state index contributed by atoms with van der Waals surface area (Å²) in [4.78, 5) is 11.0. The molecule has 0 atom stereocenters. The van der Waals surface area contributed by atoms with Crippen LogP contribution in [0, 0.1) is 11.3 Å². The molecule has 0 saturated heterocycles. The molecule has 14 heavy (non-hydrogen) atoms. The molecule has 0 aromatic heterocycles. The van der Waals surface area contributed by atoms with Crippen molar-refractivity contribution in [3.05, 3.63) is 30.3 Å². The number of nitrogens with zero attached hydrogens (tertiary/aromatic N) is 1. The highest BCUT2D eigenvalue weighted by Gasteiger charge is 2.00. The first-order chi connectivity index (χ1) is 6.83. The molecule has 0 bridgehead atoms. The summed E-state index contributed by atoms with van der Waals surface area (Å²) in [6.45, 7) is -0.0529. The second kappa shape index (κ2) is 5.60. The number of nitriles is 1. The van der Waals surface area contributed by atoms with E-state index in [1.807, 2.05) is 24.3 Å². The normalized spacial score (nSPS) is 8.79. The zero-order chi connectivity index (χ0) is 10.2. The first-order valence-electron chi connectivity index (χ1n) is 4.14. The van der Waals surface area contributed by atoms with Crippen LogP contribution in [0.1, 0.15) is 0 Å². The van der Waals surface area contributed by atoms with E-state index in [-0.39, 0.29) is 19.1 Å². The van der Waals surface area contributed by atoms with Gasteiger partial charge >= 0.3 is 0 Å². The number of ether oxygens (including phenoxy) is 1. The third-order valence-electron chi connectivity index (χ3n) is 1.48. The molecule has 1 aromatic rings. The second-order valence-corrected chi connectivity index (χ2v) is 2.54. The van der Waals surface area contributed by atoms with Crippen molar-refractivity contribution in [2.75, 3.05) is 13.2 Å². The molecule has 0 spiro atoms. The van der Waals surface area contributed by atoms with Crippen molar-refractivity contribution >= 4 is 5.91 Å². The number of rotatable bonds is 4. The van der Waals surface area contributed by atoms with E-state index in [0.29, 0.717) is 5.75 Å². The van der Waals surface area contributed by atoms with Crippen LogP contribution in [0.2, 0.25) is 0 Å². The molecule has 4 heteroatoms. The Morgan fingerprint density at radius 3 is 2.79 bits per heavy atom. The molecule has 0 heterocycles. The Hall–Kier alpha value is -2.02. The highest BCUT2D eigenvalue weighted by molar-refractivity contribution is 5.77. The highest BCUT2D eigenvalue weighted by atomic mass is 16.5. The number of hydrogen-bond donors (Lipinski definition) is 1. The summed E-state index contributed by atoms with van der Waals surface area (Å²) in [5.74, 6) is 0.343. The van der Waals surface area contributed by atoms with Crippen molar-refractivity contribution < 1.29 is 9.53 Å². The SMILES string of the molecule is N#CCNC(=O)COc1ccccc1. The largest absolute Gasteiger partial charge is 0.484 e. The minimum atomic E-state index is -0.296. The molecule has 0 unspecified atom stereocenters. The van der Waals surface area contributed by atoms with Crippen LogP contribution in [0.15, 0.2) is 30.3 Å².